The normalized spacial score (nSPS) is 15.6. The first kappa shape index (κ1) is 19.0. The summed E-state index contributed by atoms with van der Waals surface area (Å²) in [5.74, 6) is -0.345. The number of nitrogens with zero attached hydrogens (tertiary/aromatic N) is 1. The molecule has 0 bridgehead atoms. The van der Waals surface area contributed by atoms with Crippen LogP contribution < -0.4 is 10.6 Å². The van der Waals surface area contributed by atoms with E-state index in [4.69, 9.17) is 16.3 Å². The number of ether oxygens (including phenoxy) is 1. The first-order chi connectivity index (χ1) is 12.4. The highest BCUT2D eigenvalue weighted by atomic mass is 35.5. The number of halogens is 2. The van der Waals surface area contributed by atoms with Crippen molar-refractivity contribution in [2.24, 2.45) is 5.41 Å². The third-order valence-corrected chi connectivity index (χ3v) is 4.87. The molecule has 1 heterocycles. The van der Waals surface area contributed by atoms with Crippen molar-refractivity contribution in [1.82, 2.24) is 4.90 Å². The number of hydrogen-bond donors (Lipinski definition) is 2. The maximum atomic E-state index is 13.2. The topological polar surface area (TPSA) is 36.5 Å². The lowest BCUT2D eigenvalue weighted by Gasteiger charge is -2.43. The van der Waals surface area contributed by atoms with Crippen molar-refractivity contribution in [3.05, 3.63) is 52.8 Å². The van der Waals surface area contributed by atoms with Crippen LogP contribution in [0.2, 0.25) is 5.02 Å². The second-order valence-electron chi connectivity index (χ2n) is 7.36. The maximum absolute atomic E-state index is 13.2. The van der Waals surface area contributed by atoms with Gasteiger partial charge in [-0.2, -0.15) is 0 Å². The van der Waals surface area contributed by atoms with E-state index in [1.54, 1.807) is 6.07 Å². The molecular weight excluding hydrogens is 353 g/mol. The van der Waals surface area contributed by atoms with Crippen molar-refractivity contribution in [3.8, 4) is 0 Å². The fraction of sp³-hybridized carbons (Fsp3) is 0.400. The predicted molar refractivity (Wildman–Crippen MR) is 106 cm³/mol. The highest BCUT2D eigenvalue weighted by Gasteiger charge is 2.38. The second kappa shape index (κ2) is 7.82. The van der Waals surface area contributed by atoms with Crippen molar-refractivity contribution >= 4 is 28.7 Å². The summed E-state index contributed by atoms with van der Waals surface area (Å²) in [5, 5.41) is 7.16. The Kier molecular flexibility index (Phi) is 5.70. The van der Waals surface area contributed by atoms with E-state index >= 15 is 0 Å². The van der Waals surface area contributed by atoms with Crippen LogP contribution in [0.25, 0.3) is 0 Å². The van der Waals surface area contributed by atoms with Crippen LogP contribution in [0.1, 0.15) is 5.56 Å². The first-order valence-electron chi connectivity index (χ1n) is 8.66. The Hall–Kier alpha value is -1.82. The summed E-state index contributed by atoms with van der Waals surface area (Å²) in [6.07, 6.45) is 0. The molecular formula is C20H25ClFN3O. The van der Waals surface area contributed by atoms with E-state index in [2.05, 4.69) is 48.7 Å². The Morgan fingerprint density at radius 1 is 1.15 bits per heavy atom. The van der Waals surface area contributed by atoms with Crippen LogP contribution in [0.5, 0.6) is 0 Å². The summed E-state index contributed by atoms with van der Waals surface area (Å²) in [7, 11) is 4.18. The lowest BCUT2D eigenvalue weighted by atomic mass is 9.85. The minimum atomic E-state index is -0.345. The third kappa shape index (κ3) is 4.47. The molecule has 1 saturated heterocycles. The Bertz CT molecular complexity index is 778. The minimum Gasteiger partial charge on any atom is -0.384 e. The van der Waals surface area contributed by atoms with Crippen molar-refractivity contribution in [2.75, 3.05) is 51.0 Å². The van der Waals surface area contributed by atoms with E-state index in [9.17, 15) is 4.39 Å². The van der Waals surface area contributed by atoms with E-state index in [-0.39, 0.29) is 11.2 Å². The molecule has 26 heavy (non-hydrogen) atoms. The van der Waals surface area contributed by atoms with Crippen LogP contribution >= 0.6 is 11.6 Å². The summed E-state index contributed by atoms with van der Waals surface area (Å²) in [5.41, 5.74) is 4.01. The van der Waals surface area contributed by atoms with E-state index in [1.165, 1.54) is 12.1 Å². The van der Waals surface area contributed by atoms with Gasteiger partial charge in [-0.25, -0.2) is 4.39 Å². The van der Waals surface area contributed by atoms with Gasteiger partial charge in [0.05, 0.1) is 23.9 Å². The molecule has 0 amide bonds. The summed E-state index contributed by atoms with van der Waals surface area (Å²) >= 11 is 6.08. The summed E-state index contributed by atoms with van der Waals surface area (Å²) in [4.78, 5) is 2.20. The van der Waals surface area contributed by atoms with Gasteiger partial charge >= 0.3 is 0 Å². The zero-order valence-corrected chi connectivity index (χ0v) is 16.2. The molecule has 0 saturated carbocycles. The zero-order chi connectivity index (χ0) is 18.7. The molecule has 0 aromatic heterocycles. The fourth-order valence-corrected chi connectivity index (χ4v) is 3.49. The molecule has 2 aromatic carbocycles. The van der Waals surface area contributed by atoms with Crippen molar-refractivity contribution < 1.29 is 9.13 Å². The smallest absolute Gasteiger partial charge is 0.124 e. The fourth-order valence-electron chi connectivity index (χ4n) is 3.28. The van der Waals surface area contributed by atoms with Gasteiger partial charge in [0, 0.05) is 29.9 Å². The molecule has 1 fully saturated rings. The Morgan fingerprint density at radius 3 is 2.46 bits per heavy atom. The van der Waals surface area contributed by atoms with Crippen LogP contribution in [-0.4, -0.2) is 45.3 Å². The third-order valence-electron chi connectivity index (χ3n) is 4.56. The van der Waals surface area contributed by atoms with Crippen LogP contribution in [0, 0.1) is 18.2 Å². The predicted octanol–water partition coefficient (Wildman–Crippen LogP) is 4.52. The lowest BCUT2D eigenvalue weighted by molar-refractivity contribution is -0.113. The van der Waals surface area contributed by atoms with Crippen LogP contribution in [0.15, 0.2) is 36.4 Å². The largest absolute Gasteiger partial charge is 0.384 e. The molecule has 2 aromatic rings. The van der Waals surface area contributed by atoms with Crippen LogP contribution in [0.4, 0.5) is 21.5 Å². The molecule has 0 aliphatic carbocycles. The molecule has 1 aliphatic rings. The van der Waals surface area contributed by atoms with Crippen LogP contribution in [0.3, 0.4) is 0 Å². The van der Waals surface area contributed by atoms with E-state index < -0.39 is 0 Å². The van der Waals surface area contributed by atoms with Gasteiger partial charge in [0.25, 0.3) is 0 Å². The van der Waals surface area contributed by atoms with Gasteiger partial charge in [0.2, 0.25) is 0 Å². The number of anilines is 3. The number of hydrogen-bond acceptors (Lipinski definition) is 4. The number of benzene rings is 2. The molecule has 0 spiro atoms. The first-order valence-corrected chi connectivity index (χ1v) is 9.04. The highest BCUT2D eigenvalue weighted by molar-refractivity contribution is 6.33. The molecule has 3 rings (SSSR count). The Balaban J connectivity index is 1.66. The molecule has 0 atom stereocenters. The zero-order valence-electron chi connectivity index (χ0n) is 15.4. The Morgan fingerprint density at radius 2 is 1.88 bits per heavy atom. The Labute approximate surface area is 159 Å². The molecule has 1 aliphatic heterocycles. The molecule has 0 unspecified atom stereocenters. The standard InChI is InChI=1S/C20H25ClFN3O/c1-14-8-16(24-19-6-4-15(22)9-17(19)21)5-7-18(14)23-10-20(11-25(2)3)12-26-13-20/h4-9,23-24H,10-13H2,1-3H3. The monoisotopic (exact) mass is 377 g/mol. The summed E-state index contributed by atoms with van der Waals surface area (Å²) < 4.78 is 18.6. The molecule has 4 nitrogen and oxygen atoms in total. The van der Waals surface area contributed by atoms with Crippen molar-refractivity contribution in [2.45, 2.75) is 6.92 Å². The number of aryl methyl sites for hydroxylation is 1. The number of nitrogens with one attached hydrogen (secondary N) is 2. The number of rotatable bonds is 7. The van der Waals surface area contributed by atoms with Gasteiger partial charge in [-0.3, -0.25) is 0 Å². The van der Waals surface area contributed by atoms with E-state index in [0.29, 0.717) is 10.7 Å². The van der Waals surface area contributed by atoms with Gasteiger partial charge in [-0.15, -0.1) is 0 Å². The molecule has 2 N–H and O–H groups in total. The SMILES string of the molecule is Cc1cc(Nc2ccc(F)cc2Cl)ccc1NCC1(CN(C)C)COC1. The summed E-state index contributed by atoms with van der Waals surface area (Å²) in [6, 6.07) is 10.4. The minimum absolute atomic E-state index is 0.175. The molecule has 0 radical (unpaired) electrons. The van der Waals surface area contributed by atoms with E-state index in [0.717, 1.165) is 43.2 Å². The van der Waals surface area contributed by atoms with Gasteiger partial charge in [0.15, 0.2) is 0 Å². The van der Waals surface area contributed by atoms with Gasteiger partial charge in [-0.05, 0) is 63.0 Å². The van der Waals surface area contributed by atoms with E-state index in [1.807, 2.05) is 6.07 Å². The van der Waals surface area contributed by atoms with Crippen LogP contribution in [-0.2, 0) is 4.74 Å². The lowest BCUT2D eigenvalue weighted by Crippen LogP contribution is -2.53. The average Bonchev–Trinajstić information content (AvgIpc) is 2.53. The van der Waals surface area contributed by atoms with Crippen molar-refractivity contribution in [1.29, 1.82) is 0 Å². The molecule has 6 heteroatoms. The maximum Gasteiger partial charge on any atom is 0.124 e. The highest BCUT2D eigenvalue weighted by Crippen LogP contribution is 2.31. The quantitative estimate of drug-likeness (QED) is 0.743. The van der Waals surface area contributed by atoms with Crippen molar-refractivity contribution in [3.63, 3.8) is 0 Å². The second-order valence-corrected chi connectivity index (χ2v) is 7.77. The average molecular weight is 378 g/mol. The van der Waals surface area contributed by atoms with Gasteiger partial charge in [0.1, 0.15) is 5.82 Å². The van der Waals surface area contributed by atoms with Gasteiger partial charge in [-0.1, -0.05) is 11.6 Å². The van der Waals surface area contributed by atoms with Gasteiger partial charge < -0.3 is 20.3 Å². The molecule has 140 valence electrons. The summed E-state index contributed by atoms with van der Waals surface area (Å²) in [6.45, 7) is 5.53.